The van der Waals surface area contributed by atoms with E-state index >= 15 is 0 Å². The predicted octanol–water partition coefficient (Wildman–Crippen LogP) is 2.24. The number of hydrogen-bond donors (Lipinski definition) is 0. The van der Waals surface area contributed by atoms with Crippen molar-refractivity contribution >= 4 is 28.9 Å². The maximum Gasteiger partial charge on any atom is 0.153 e. The summed E-state index contributed by atoms with van der Waals surface area (Å²) in [6.07, 6.45) is 0.912. The Morgan fingerprint density at radius 3 is 3.07 bits per heavy atom. The fraction of sp³-hybridized carbons (Fsp3) is 0.300. The summed E-state index contributed by atoms with van der Waals surface area (Å²) >= 11 is 1.97. The van der Waals surface area contributed by atoms with Gasteiger partial charge in [-0.25, -0.2) is 4.39 Å². The van der Waals surface area contributed by atoms with Gasteiger partial charge in [0.2, 0.25) is 0 Å². The first-order valence-corrected chi connectivity index (χ1v) is 5.35. The summed E-state index contributed by atoms with van der Waals surface area (Å²) in [5, 5.41) is 0. The van der Waals surface area contributed by atoms with Crippen molar-refractivity contribution in [2.75, 3.05) is 6.61 Å². The minimum absolute atomic E-state index is 0.226. The van der Waals surface area contributed by atoms with Gasteiger partial charge in [-0.3, -0.25) is 0 Å². The lowest BCUT2D eigenvalue weighted by Crippen LogP contribution is -2.18. The fourth-order valence-electron chi connectivity index (χ4n) is 1.62. The van der Waals surface area contributed by atoms with E-state index in [0.29, 0.717) is 16.6 Å². The molecule has 0 aromatic heterocycles. The molecule has 1 aliphatic heterocycles. The van der Waals surface area contributed by atoms with Crippen molar-refractivity contribution in [1.29, 1.82) is 0 Å². The molecule has 2 nitrogen and oxygen atoms in total. The van der Waals surface area contributed by atoms with Gasteiger partial charge in [-0.1, -0.05) is 6.07 Å². The molecule has 1 aromatic rings. The van der Waals surface area contributed by atoms with Crippen LogP contribution in [0.25, 0.3) is 0 Å². The van der Waals surface area contributed by atoms with Gasteiger partial charge in [-0.2, -0.15) is 0 Å². The van der Waals surface area contributed by atoms with Gasteiger partial charge in [-0.05, 0) is 46.2 Å². The number of hydrogen-bond acceptors (Lipinski definition) is 2. The Kier molecular flexibility index (Phi) is 2.83. The zero-order valence-corrected chi connectivity index (χ0v) is 9.45. The van der Waals surface area contributed by atoms with Gasteiger partial charge < -0.3 is 9.53 Å². The molecule has 4 heteroatoms. The second-order valence-electron chi connectivity index (χ2n) is 3.11. The highest BCUT2D eigenvalue weighted by molar-refractivity contribution is 14.1. The Balaban J connectivity index is 2.55. The zero-order chi connectivity index (χ0) is 10.1. The number of carbonyl (C=O) groups excluding carboxylic acids is 1. The minimum atomic E-state index is -0.520. The molecule has 1 heterocycles. The molecule has 0 N–H and O–H groups in total. The highest BCUT2D eigenvalue weighted by atomic mass is 127. The lowest BCUT2D eigenvalue weighted by atomic mass is 9.98. The van der Waals surface area contributed by atoms with E-state index in [2.05, 4.69) is 0 Å². The smallest absolute Gasteiger partial charge is 0.153 e. The molecule has 1 aliphatic rings. The summed E-state index contributed by atoms with van der Waals surface area (Å²) in [4.78, 5) is 10.7. The van der Waals surface area contributed by atoms with Crippen molar-refractivity contribution in [2.24, 2.45) is 0 Å². The standard InChI is InChI=1S/C10H8FIO2/c11-8-2-1-6-7(10(8)12)3-4-14-9(6)5-13/h1-2,5,9H,3-4H2. The van der Waals surface area contributed by atoms with E-state index < -0.39 is 6.10 Å². The fourth-order valence-corrected chi connectivity index (χ4v) is 2.38. The van der Waals surface area contributed by atoms with Crippen LogP contribution in [-0.4, -0.2) is 12.9 Å². The number of aldehydes is 1. The summed E-state index contributed by atoms with van der Waals surface area (Å²) in [5.74, 6) is -0.226. The highest BCUT2D eigenvalue weighted by Gasteiger charge is 2.23. The third-order valence-electron chi connectivity index (χ3n) is 2.31. The first kappa shape index (κ1) is 10.0. The highest BCUT2D eigenvalue weighted by Crippen LogP contribution is 2.30. The predicted molar refractivity (Wildman–Crippen MR) is 57.6 cm³/mol. The molecular formula is C10H8FIO2. The van der Waals surface area contributed by atoms with Gasteiger partial charge >= 0.3 is 0 Å². The van der Waals surface area contributed by atoms with E-state index in [1.807, 2.05) is 22.6 Å². The average Bonchev–Trinajstić information content (AvgIpc) is 2.23. The Labute approximate surface area is 94.6 Å². The monoisotopic (exact) mass is 306 g/mol. The zero-order valence-electron chi connectivity index (χ0n) is 7.30. The molecule has 0 spiro atoms. The molecule has 1 unspecified atom stereocenters. The van der Waals surface area contributed by atoms with Crippen molar-refractivity contribution in [3.63, 3.8) is 0 Å². The number of carbonyl (C=O) groups is 1. The van der Waals surface area contributed by atoms with Crippen LogP contribution < -0.4 is 0 Å². The summed E-state index contributed by atoms with van der Waals surface area (Å²) < 4.78 is 19.1. The van der Waals surface area contributed by atoms with Crippen molar-refractivity contribution in [3.05, 3.63) is 32.6 Å². The van der Waals surface area contributed by atoms with Gasteiger partial charge in [0.15, 0.2) is 6.29 Å². The number of halogens is 2. The summed E-state index contributed by atoms with van der Waals surface area (Å²) in [7, 11) is 0. The first-order valence-electron chi connectivity index (χ1n) is 4.27. The molecule has 0 bridgehead atoms. The topological polar surface area (TPSA) is 26.3 Å². The largest absolute Gasteiger partial charge is 0.366 e. The van der Waals surface area contributed by atoms with Crippen LogP contribution in [0.5, 0.6) is 0 Å². The maximum absolute atomic E-state index is 13.2. The molecular weight excluding hydrogens is 298 g/mol. The van der Waals surface area contributed by atoms with Crippen LogP contribution in [0.3, 0.4) is 0 Å². The Bertz CT molecular complexity index is 379. The van der Waals surface area contributed by atoms with Crippen LogP contribution in [0, 0.1) is 9.39 Å². The van der Waals surface area contributed by atoms with E-state index in [1.54, 1.807) is 6.07 Å². The third kappa shape index (κ3) is 1.56. The van der Waals surface area contributed by atoms with Crippen molar-refractivity contribution in [1.82, 2.24) is 0 Å². The lowest BCUT2D eigenvalue weighted by Gasteiger charge is -2.23. The van der Waals surface area contributed by atoms with E-state index in [9.17, 15) is 9.18 Å². The molecule has 14 heavy (non-hydrogen) atoms. The van der Waals surface area contributed by atoms with Gasteiger partial charge in [0.05, 0.1) is 10.2 Å². The molecule has 0 radical (unpaired) electrons. The molecule has 0 fully saturated rings. The molecule has 1 aromatic carbocycles. The summed E-state index contributed by atoms with van der Waals surface area (Å²) in [6, 6.07) is 3.01. The third-order valence-corrected chi connectivity index (χ3v) is 3.48. The molecule has 1 atom stereocenters. The van der Waals surface area contributed by atoms with Crippen LogP contribution in [0.1, 0.15) is 17.2 Å². The molecule has 0 aliphatic carbocycles. The van der Waals surface area contributed by atoms with Crippen LogP contribution >= 0.6 is 22.6 Å². The SMILES string of the molecule is O=CC1OCCc2c1ccc(F)c2I. The second-order valence-corrected chi connectivity index (χ2v) is 4.19. The normalized spacial score (nSPS) is 20.3. The lowest BCUT2D eigenvalue weighted by molar-refractivity contribution is -0.119. The van der Waals surface area contributed by atoms with Crippen LogP contribution in [0.2, 0.25) is 0 Å². The van der Waals surface area contributed by atoms with Gasteiger partial charge in [-0.15, -0.1) is 0 Å². The summed E-state index contributed by atoms with van der Waals surface area (Å²) in [5.41, 5.74) is 1.71. The Hall–Kier alpha value is -0.490. The minimum Gasteiger partial charge on any atom is -0.366 e. The first-order chi connectivity index (χ1) is 6.74. The van der Waals surface area contributed by atoms with Gasteiger partial charge in [0, 0.05) is 0 Å². The molecule has 0 amide bonds. The maximum atomic E-state index is 13.2. The van der Waals surface area contributed by atoms with Crippen LogP contribution in [0.4, 0.5) is 4.39 Å². The van der Waals surface area contributed by atoms with E-state index in [0.717, 1.165) is 17.4 Å². The van der Waals surface area contributed by atoms with Crippen molar-refractivity contribution in [3.8, 4) is 0 Å². The average molecular weight is 306 g/mol. The summed E-state index contributed by atoms with van der Waals surface area (Å²) in [6.45, 7) is 0.482. The number of rotatable bonds is 1. The number of ether oxygens (including phenoxy) is 1. The quantitative estimate of drug-likeness (QED) is 0.587. The molecule has 74 valence electrons. The number of fused-ring (bicyclic) bond motifs is 1. The Morgan fingerprint density at radius 2 is 2.36 bits per heavy atom. The van der Waals surface area contributed by atoms with Crippen molar-refractivity contribution < 1.29 is 13.9 Å². The molecule has 0 saturated heterocycles. The van der Waals surface area contributed by atoms with Crippen LogP contribution in [0.15, 0.2) is 12.1 Å². The van der Waals surface area contributed by atoms with E-state index in [-0.39, 0.29) is 5.82 Å². The van der Waals surface area contributed by atoms with Crippen LogP contribution in [-0.2, 0) is 16.0 Å². The Morgan fingerprint density at radius 1 is 1.57 bits per heavy atom. The van der Waals surface area contributed by atoms with E-state index in [1.165, 1.54) is 6.07 Å². The number of benzene rings is 1. The van der Waals surface area contributed by atoms with E-state index in [4.69, 9.17) is 4.74 Å². The second kappa shape index (κ2) is 3.94. The van der Waals surface area contributed by atoms with Gasteiger partial charge in [0.1, 0.15) is 11.9 Å². The van der Waals surface area contributed by atoms with Gasteiger partial charge in [0.25, 0.3) is 0 Å². The van der Waals surface area contributed by atoms with Crippen molar-refractivity contribution in [2.45, 2.75) is 12.5 Å². The molecule has 2 rings (SSSR count). The molecule has 0 saturated carbocycles.